The van der Waals surface area contributed by atoms with Crippen LogP contribution < -0.4 is 5.32 Å². The number of anilines is 1. The minimum Gasteiger partial charge on any atom is -0.478 e. The first kappa shape index (κ1) is 15.5. The molecule has 1 saturated carbocycles. The van der Waals surface area contributed by atoms with Gasteiger partial charge in [-0.25, -0.2) is 13.2 Å². The molecule has 0 atom stereocenters. The van der Waals surface area contributed by atoms with Gasteiger partial charge in [0.1, 0.15) is 0 Å². The Balaban J connectivity index is 2.31. The molecule has 0 aliphatic heterocycles. The predicted molar refractivity (Wildman–Crippen MR) is 77.1 cm³/mol. The smallest absolute Gasteiger partial charge is 0.335 e. The number of hydrogen-bond acceptors (Lipinski definition) is 4. The molecule has 114 valence electrons. The first-order chi connectivity index (χ1) is 9.77. The molecule has 0 radical (unpaired) electrons. The first-order valence-electron chi connectivity index (χ1n) is 6.66. The van der Waals surface area contributed by atoms with Crippen molar-refractivity contribution < 1.29 is 23.1 Å². The number of hydrogen-bond donors (Lipinski definition) is 2. The molecule has 1 amide bonds. The topological polar surface area (TPSA) is 101 Å². The molecule has 0 spiro atoms. The van der Waals surface area contributed by atoms with E-state index in [1.54, 1.807) is 0 Å². The molecule has 1 aromatic rings. The summed E-state index contributed by atoms with van der Waals surface area (Å²) in [7, 11) is -3.55. The van der Waals surface area contributed by atoms with E-state index >= 15 is 0 Å². The van der Waals surface area contributed by atoms with Crippen LogP contribution in [0.3, 0.4) is 0 Å². The number of carbonyl (C=O) groups is 2. The van der Waals surface area contributed by atoms with Crippen LogP contribution in [0.5, 0.6) is 0 Å². The average Bonchev–Trinajstić information content (AvgIpc) is 2.91. The predicted octanol–water partition coefficient (Wildman–Crippen LogP) is 1.92. The van der Waals surface area contributed by atoms with Crippen LogP contribution in [0.4, 0.5) is 5.69 Å². The SMILES string of the molecule is CS(=O)(=O)c1cc(NC(=O)C2CCCC2)cc(C(=O)O)c1. The lowest BCUT2D eigenvalue weighted by atomic mass is 10.1. The Morgan fingerprint density at radius 1 is 1.19 bits per heavy atom. The van der Waals surface area contributed by atoms with Crippen molar-refractivity contribution in [2.45, 2.75) is 30.6 Å². The fourth-order valence-electron chi connectivity index (χ4n) is 2.44. The number of carboxylic acid groups (broad SMARTS) is 1. The highest BCUT2D eigenvalue weighted by molar-refractivity contribution is 7.90. The lowest BCUT2D eigenvalue weighted by Crippen LogP contribution is -2.20. The number of carboxylic acids is 1. The van der Waals surface area contributed by atoms with Crippen LogP contribution in [0, 0.1) is 5.92 Å². The standard InChI is InChI=1S/C14H17NO5S/c1-21(19,20)12-7-10(14(17)18)6-11(8-12)15-13(16)9-4-2-3-5-9/h6-9H,2-5H2,1H3,(H,15,16)(H,17,18). The summed E-state index contributed by atoms with van der Waals surface area (Å²) in [6.07, 6.45) is 4.62. The Morgan fingerprint density at radius 3 is 2.33 bits per heavy atom. The first-order valence-corrected chi connectivity index (χ1v) is 8.56. The molecule has 7 heteroatoms. The zero-order valence-corrected chi connectivity index (χ0v) is 12.4. The Hall–Kier alpha value is -1.89. The van der Waals surface area contributed by atoms with E-state index in [1.165, 1.54) is 12.1 Å². The molecular formula is C14H17NO5S. The van der Waals surface area contributed by atoms with Crippen LogP contribution in [0.1, 0.15) is 36.0 Å². The Morgan fingerprint density at radius 2 is 1.81 bits per heavy atom. The highest BCUT2D eigenvalue weighted by atomic mass is 32.2. The van der Waals surface area contributed by atoms with Gasteiger partial charge in [0.15, 0.2) is 9.84 Å². The highest BCUT2D eigenvalue weighted by Crippen LogP contribution is 2.27. The summed E-state index contributed by atoms with van der Waals surface area (Å²) in [6, 6.07) is 3.64. The molecule has 1 aromatic carbocycles. The fourth-order valence-corrected chi connectivity index (χ4v) is 3.12. The van der Waals surface area contributed by atoms with Crippen molar-refractivity contribution in [3.05, 3.63) is 23.8 Å². The Bertz CT molecular complexity index is 675. The Labute approximate surface area is 123 Å². The van der Waals surface area contributed by atoms with Gasteiger partial charge in [0.2, 0.25) is 5.91 Å². The molecule has 2 N–H and O–H groups in total. The van der Waals surface area contributed by atoms with Crippen LogP contribution in [-0.2, 0) is 14.6 Å². The second kappa shape index (κ2) is 5.85. The van der Waals surface area contributed by atoms with Crippen molar-refractivity contribution in [3.63, 3.8) is 0 Å². The lowest BCUT2D eigenvalue weighted by molar-refractivity contribution is -0.119. The number of rotatable bonds is 4. The van der Waals surface area contributed by atoms with E-state index in [2.05, 4.69) is 5.32 Å². The van der Waals surface area contributed by atoms with Gasteiger partial charge < -0.3 is 10.4 Å². The van der Waals surface area contributed by atoms with E-state index in [4.69, 9.17) is 5.11 Å². The second-order valence-corrected chi connectivity index (χ2v) is 7.31. The molecule has 0 heterocycles. The molecule has 0 aromatic heterocycles. The molecule has 21 heavy (non-hydrogen) atoms. The van der Waals surface area contributed by atoms with Crippen LogP contribution in [0.25, 0.3) is 0 Å². The maximum atomic E-state index is 12.0. The highest BCUT2D eigenvalue weighted by Gasteiger charge is 2.23. The summed E-state index contributed by atoms with van der Waals surface area (Å²) in [5, 5.41) is 11.7. The maximum Gasteiger partial charge on any atom is 0.335 e. The van der Waals surface area contributed by atoms with Crippen LogP contribution in [0.2, 0.25) is 0 Å². The Kier molecular flexibility index (Phi) is 4.32. The summed E-state index contributed by atoms with van der Waals surface area (Å²) in [4.78, 5) is 23.0. The minimum absolute atomic E-state index is 0.0832. The van der Waals surface area contributed by atoms with Crippen LogP contribution >= 0.6 is 0 Å². The largest absolute Gasteiger partial charge is 0.478 e. The van der Waals surface area contributed by atoms with Gasteiger partial charge in [-0.3, -0.25) is 4.79 Å². The number of sulfone groups is 1. The molecule has 1 aliphatic carbocycles. The molecule has 0 bridgehead atoms. The summed E-state index contributed by atoms with van der Waals surface area (Å²) in [5.41, 5.74) is 0.0341. The third-order valence-electron chi connectivity index (χ3n) is 3.58. The van der Waals surface area contributed by atoms with E-state index in [0.29, 0.717) is 0 Å². The zero-order chi connectivity index (χ0) is 15.6. The lowest BCUT2D eigenvalue weighted by Gasteiger charge is -2.12. The molecule has 1 aliphatic rings. The van der Waals surface area contributed by atoms with Crippen molar-refractivity contribution >= 4 is 27.4 Å². The molecular weight excluding hydrogens is 294 g/mol. The van der Waals surface area contributed by atoms with Gasteiger partial charge in [0, 0.05) is 17.9 Å². The molecule has 0 unspecified atom stereocenters. The quantitative estimate of drug-likeness (QED) is 0.884. The fraction of sp³-hybridized carbons (Fsp3) is 0.429. The van der Waals surface area contributed by atoms with Gasteiger partial charge in [-0.15, -0.1) is 0 Å². The summed E-state index contributed by atoms with van der Waals surface area (Å²) in [6.45, 7) is 0. The summed E-state index contributed by atoms with van der Waals surface area (Å²) < 4.78 is 23.2. The normalized spacial score (nSPS) is 15.9. The number of benzene rings is 1. The van der Waals surface area contributed by atoms with E-state index in [0.717, 1.165) is 38.0 Å². The van der Waals surface area contributed by atoms with E-state index in [9.17, 15) is 18.0 Å². The third-order valence-corrected chi connectivity index (χ3v) is 4.67. The molecule has 2 rings (SSSR count). The number of aromatic carboxylic acids is 1. The van der Waals surface area contributed by atoms with E-state index < -0.39 is 15.8 Å². The molecule has 1 fully saturated rings. The van der Waals surface area contributed by atoms with Gasteiger partial charge >= 0.3 is 5.97 Å². The van der Waals surface area contributed by atoms with Crippen molar-refractivity contribution in [1.29, 1.82) is 0 Å². The molecule has 0 saturated heterocycles. The van der Waals surface area contributed by atoms with Crippen LogP contribution in [0.15, 0.2) is 23.1 Å². The summed E-state index contributed by atoms with van der Waals surface area (Å²) >= 11 is 0. The van der Waals surface area contributed by atoms with Crippen molar-refractivity contribution in [3.8, 4) is 0 Å². The van der Waals surface area contributed by atoms with E-state index in [1.807, 2.05) is 0 Å². The summed E-state index contributed by atoms with van der Waals surface area (Å²) in [5.74, 6) is -1.51. The van der Waals surface area contributed by atoms with Gasteiger partial charge in [-0.1, -0.05) is 12.8 Å². The van der Waals surface area contributed by atoms with Gasteiger partial charge in [0.05, 0.1) is 10.5 Å². The second-order valence-electron chi connectivity index (χ2n) is 5.29. The number of nitrogens with one attached hydrogen (secondary N) is 1. The van der Waals surface area contributed by atoms with Crippen molar-refractivity contribution in [2.24, 2.45) is 5.92 Å². The monoisotopic (exact) mass is 311 g/mol. The van der Waals surface area contributed by atoms with E-state index in [-0.39, 0.29) is 28.0 Å². The number of carbonyl (C=O) groups excluding carboxylic acids is 1. The zero-order valence-electron chi connectivity index (χ0n) is 11.6. The molecule has 6 nitrogen and oxygen atoms in total. The minimum atomic E-state index is -3.55. The van der Waals surface area contributed by atoms with Crippen molar-refractivity contribution in [2.75, 3.05) is 11.6 Å². The van der Waals surface area contributed by atoms with Crippen molar-refractivity contribution in [1.82, 2.24) is 0 Å². The maximum absolute atomic E-state index is 12.0. The van der Waals surface area contributed by atoms with Gasteiger partial charge in [-0.05, 0) is 31.0 Å². The van der Waals surface area contributed by atoms with Gasteiger partial charge in [-0.2, -0.15) is 0 Å². The average molecular weight is 311 g/mol. The third kappa shape index (κ3) is 3.81. The van der Waals surface area contributed by atoms with Gasteiger partial charge in [0.25, 0.3) is 0 Å². The number of amides is 1. The van der Waals surface area contributed by atoms with Crippen LogP contribution in [-0.4, -0.2) is 31.7 Å².